The van der Waals surface area contributed by atoms with E-state index in [9.17, 15) is 49.4 Å². The van der Waals surface area contributed by atoms with Crippen LogP contribution < -0.4 is 19.2 Å². The van der Waals surface area contributed by atoms with E-state index in [0.717, 1.165) is 13.5 Å². The largest absolute Gasteiger partial charge is 0.397 e. The zero-order valence-corrected chi connectivity index (χ0v) is 34.0. The average molecular weight is 857 g/mol. The number of fused-ring (bicyclic) bond motifs is 2. The van der Waals surface area contributed by atoms with Gasteiger partial charge in [0.05, 0.1) is 70.3 Å². The average Bonchev–Trinajstić information content (AvgIpc) is 3.76. The number of aryl methyl sites for hydroxylation is 2. The Kier molecular flexibility index (Phi) is 11.3. The van der Waals surface area contributed by atoms with Gasteiger partial charge in [-0.1, -0.05) is 27.7 Å². The number of carbonyl (C=O) groups excluding carboxylic acids is 1. The molecule has 0 aliphatic carbocycles. The number of alkyl halides is 4. The van der Waals surface area contributed by atoms with Crippen molar-refractivity contribution in [3.8, 4) is 0 Å². The Morgan fingerprint density at radius 1 is 0.879 bits per heavy atom. The highest BCUT2D eigenvalue weighted by Crippen LogP contribution is 2.41. The molecule has 6 rings (SSSR count). The number of halogens is 4. The van der Waals surface area contributed by atoms with Crippen LogP contribution in [0.15, 0.2) is 46.7 Å². The Balaban J connectivity index is 1.48. The molecule has 0 spiro atoms. The molecular weight excluding hydrogens is 813 g/mol. The molecule has 1 amide bonds. The molecule has 0 fully saturated rings. The van der Waals surface area contributed by atoms with Crippen LogP contribution in [0.2, 0.25) is 0 Å². The van der Waals surface area contributed by atoms with Gasteiger partial charge in [-0.3, -0.25) is 28.3 Å². The number of carbonyl (C=O) groups is 1. The number of aliphatic hydroxyl groups is 2. The van der Waals surface area contributed by atoms with E-state index in [0.29, 0.717) is 12.4 Å². The molecule has 4 N–H and O–H groups in total. The van der Waals surface area contributed by atoms with Gasteiger partial charge >= 0.3 is 13.1 Å². The van der Waals surface area contributed by atoms with E-state index in [1.54, 1.807) is 27.7 Å². The minimum Gasteiger partial charge on any atom is -0.397 e. The van der Waals surface area contributed by atoms with Crippen LogP contribution in [-0.2, 0) is 37.7 Å². The van der Waals surface area contributed by atoms with E-state index in [1.165, 1.54) is 38.4 Å². The molecule has 4 aromatic heterocycles. The summed E-state index contributed by atoms with van der Waals surface area (Å²) in [6, 6.07) is 2.65. The fourth-order valence-electron chi connectivity index (χ4n) is 6.99. The monoisotopic (exact) mass is 856 g/mol. The third-order valence-corrected chi connectivity index (χ3v) is 14.4. The highest BCUT2D eigenvalue weighted by molar-refractivity contribution is 7.93. The Morgan fingerprint density at radius 3 is 1.88 bits per heavy atom. The summed E-state index contributed by atoms with van der Waals surface area (Å²) in [6.07, 6.45) is 2.07. The molecule has 58 heavy (non-hydrogen) atoms. The van der Waals surface area contributed by atoms with Gasteiger partial charge in [0.1, 0.15) is 16.0 Å². The van der Waals surface area contributed by atoms with E-state index < -0.39 is 91.4 Å². The number of hydrogen-bond acceptors (Lipinski definition) is 12. The zero-order chi connectivity index (χ0) is 42.8. The predicted molar refractivity (Wildman–Crippen MR) is 202 cm³/mol. The van der Waals surface area contributed by atoms with Gasteiger partial charge in [0.15, 0.2) is 0 Å². The number of hydrogen-bond donors (Lipinski definition) is 3. The molecule has 0 aromatic carbocycles. The van der Waals surface area contributed by atoms with Gasteiger partial charge in [-0.25, -0.2) is 26.2 Å². The maximum atomic E-state index is 14.6. The van der Waals surface area contributed by atoms with Crippen molar-refractivity contribution in [2.75, 3.05) is 38.9 Å². The number of aliphatic hydroxyl groups excluding tert-OH is 2. The van der Waals surface area contributed by atoms with E-state index >= 15 is 0 Å². The van der Waals surface area contributed by atoms with Crippen LogP contribution in [0.25, 0.3) is 0 Å². The second-order valence-corrected chi connectivity index (χ2v) is 19.2. The zero-order valence-electron chi connectivity index (χ0n) is 32.3. The molecule has 4 aromatic rings. The van der Waals surface area contributed by atoms with Crippen molar-refractivity contribution in [1.29, 1.82) is 0 Å². The number of nitrogens with zero attached hydrogens (tertiary/aromatic N) is 9. The minimum atomic E-state index is -4.68. The minimum absolute atomic E-state index is 0.0220. The summed E-state index contributed by atoms with van der Waals surface area (Å²) < 4.78 is 114. The molecule has 316 valence electrons. The van der Waals surface area contributed by atoms with Gasteiger partial charge in [0, 0.05) is 43.9 Å². The first kappa shape index (κ1) is 42.7. The predicted octanol–water partition coefficient (Wildman–Crippen LogP) is 3.62. The van der Waals surface area contributed by atoms with Gasteiger partial charge in [0.2, 0.25) is 5.91 Å². The van der Waals surface area contributed by atoms with Gasteiger partial charge in [-0.15, -0.1) is 0 Å². The summed E-state index contributed by atoms with van der Waals surface area (Å²) in [7, 11) is -9.33. The topological polar surface area (TPSA) is 223 Å². The van der Waals surface area contributed by atoms with E-state index in [1.807, 2.05) is 0 Å². The summed E-state index contributed by atoms with van der Waals surface area (Å²) in [4.78, 5) is 23.3. The van der Waals surface area contributed by atoms with Crippen LogP contribution in [0, 0.1) is 37.0 Å². The number of aromatic nitrogens is 6. The summed E-state index contributed by atoms with van der Waals surface area (Å²) in [5.41, 5.74) is 5.17. The van der Waals surface area contributed by atoms with Crippen LogP contribution in [0.4, 0.5) is 40.3 Å². The van der Waals surface area contributed by atoms with Crippen molar-refractivity contribution in [1.82, 2.24) is 29.5 Å². The second-order valence-electron chi connectivity index (χ2n) is 15.6. The molecule has 0 saturated carbocycles. The summed E-state index contributed by atoms with van der Waals surface area (Å²) in [6.45, 7) is 1.97. The summed E-state index contributed by atoms with van der Waals surface area (Å²) >= 11 is 0. The number of rotatable bonds is 11. The van der Waals surface area contributed by atoms with Crippen LogP contribution in [0.1, 0.15) is 63.6 Å². The molecule has 4 atom stereocenters. The van der Waals surface area contributed by atoms with Crippen molar-refractivity contribution in [2.24, 2.45) is 23.2 Å². The molecule has 2 unspecified atom stereocenters. The van der Waals surface area contributed by atoms with Crippen molar-refractivity contribution >= 4 is 48.7 Å². The summed E-state index contributed by atoms with van der Waals surface area (Å²) in [5, 5.41) is 29.7. The third kappa shape index (κ3) is 7.71. The Hall–Kier alpha value is -4.87. The van der Waals surface area contributed by atoms with Gasteiger partial charge in [-0.05, 0) is 37.8 Å². The highest BCUT2D eigenvalue weighted by atomic mass is 32.2. The van der Waals surface area contributed by atoms with E-state index in [-0.39, 0.29) is 74.3 Å². The summed E-state index contributed by atoms with van der Waals surface area (Å²) in [5.74, 6) is -3.24. The Labute approximate surface area is 332 Å². The standard InChI is InChI=1S/C35H44F4N10O7S2/c1-18(35(4,5)6)31(51)49(24-10-28-25(42-12-24)7-21(17-50)13-47(28)57(53,54)29-15-45(33(36)37)43-19(29)2)32(52)22-8-26-27(9-23(40)11-41-26)48(14-22)58(55,56)30-16-46(34(38)39)44-20(30)3/h9-12,15-16,18,21-22,32-34,50,52H,7-8,13-14,17,40H2,1-6H3/t18?,21-,22?,32+/m1/s1. The second kappa shape index (κ2) is 15.4. The van der Waals surface area contributed by atoms with Gasteiger partial charge in [-0.2, -0.15) is 27.8 Å². The molecular formula is C35H44F4N10O7S2. The fourth-order valence-corrected chi connectivity index (χ4v) is 10.4. The Bertz CT molecular complexity index is 2440. The molecule has 0 saturated heterocycles. The van der Waals surface area contributed by atoms with Crippen molar-refractivity contribution in [3.63, 3.8) is 0 Å². The molecule has 0 bridgehead atoms. The van der Waals surface area contributed by atoms with Crippen LogP contribution in [0.3, 0.4) is 0 Å². The maximum absolute atomic E-state index is 14.6. The maximum Gasteiger partial charge on any atom is 0.333 e. The number of nitrogens with two attached hydrogens (primary N) is 1. The SMILES string of the molecule is Cc1nn(C(F)F)cc1S(=O)(=O)N1CC([C@H](O)N(C(=O)C(C)C(C)(C)C)c2cnc3c(c2)N(S(=O)(=O)c2cn(C(F)F)nc2C)C[C@H](CO)C3)Cc2ncc(N)cc21. The normalized spacial score (nSPS) is 18.7. The number of anilines is 4. The molecule has 0 radical (unpaired) electrons. The number of sulfonamides is 2. The lowest BCUT2D eigenvalue weighted by Crippen LogP contribution is -2.54. The lowest BCUT2D eigenvalue weighted by Gasteiger charge is -2.42. The molecule has 2 aliphatic heterocycles. The molecule has 17 nitrogen and oxygen atoms in total. The smallest absolute Gasteiger partial charge is 0.333 e. The fraction of sp³-hybridized carbons (Fsp3) is 0.514. The highest BCUT2D eigenvalue weighted by Gasteiger charge is 2.44. The van der Waals surface area contributed by atoms with Crippen molar-refractivity contribution in [3.05, 3.63) is 59.7 Å². The first-order valence-corrected chi connectivity index (χ1v) is 20.9. The molecule has 2 aliphatic rings. The van der Waals surface area contributed by atoms with Crippen LogP contribution in [-0.4, -0.2) is 88.4 Å². The first-order chi connectivity index (χ1) is 27.0. The molecule has 23 heteroatoms. The van der Waals surface area contributed by atoms with Crippen molar-refractivity contribution < 1.29 is 49.4 Å². The lowest BCUT2D eigenvalue weighted by molar-refractivity contribution is -0.127. The van der Waals surface area contributed by atoms with Gasteiger partial charge in [0.25, 0.3) is 20.0 Å². The van der Waals surface area contributed by atoms with Crippen LogP contribution >= 0.6 is 0 Å². The molecule has 6 heterocycles. The quantitative estimate of drug-likeness (QED) is 0.145. The lowest BCUT2D eigenvalue weighted by atomic mass is 9.80. The van der Waals surface area contributed by atoms with Crippen molar-refractivity contribution in [2.45, 2.75) is 83.5 Å². The number of pyridine rings is 2. The van der Waals surface area contributed by atoms with E-state index in [4.69, 9.17) is 5.73 Å². The number of amides is 1. The van der Waals surface area contributed by atoms with E-state index in [2.05, 4.69) is 20.2 Å². The van der Waals surface area contributed by atoms with Crippen LogP contribution in [0.5, 0.6) is 0 Å². The third-order valence-electron chi connectivity index (χ3n) is 10.6. The number of nitrogen functional groups attached to an aromatic ring is 1. The Morgan fingerprint density at radius 2 is 1.38 bits per heavy atom. The first-order valence-electron chi connectivity index (χ1n) is 18.1. The van der Waals surface area contributed by atoms with Gasteiger partial charge < -0.3 is 15.9 Å².